The Balaban J connectivity index is 1.88. The largest absolute Gasteiger partial charge is 0.349 e. The molecule has 0 saturated heterocycles. The molecule has 2 rings (SSSR count). The van der Waals surface area contributed by atoms with Gasteiger partial charge in [-0.25, -0.2) is 13.1 Å². The van der Waals surface area contributed by atoms with Gasteiger partial charge in [-0.05, 0) is 46.6 Å². The number of halogens is 2. The van der Waals surface area contributed by atoms with Gasteiger partial charge in [0, 0.05) is 22.5 Å². The standard InChI is InChI=1S/C17H18BrClN2O3S/c1-12(13-6-2-4-8-15(13)19)21-17(22)10-11-20-25(23,24)16-9-5-3-7-14(16)18/h2-9,12,20H,10-11H2,1H3,(H,21,22). The Labute approximate surface area is 161 Å². The molecule has 0 aliphatic heterocycles. The number of hydrogen-bond acceptors (Lipinski definition) is 3. The van der Waals surface area contributed by atoms with Gasteiger partial charge in [-0.3, -0.25) is 4.79 Å². The minimum atomic E-state index is -3.67. The SMILES string of the molecule is CC(NC(=O)CCNS(=O)(=O)c1ccccc1Br)c1ccccc1Cl. The summed E-state index contributed by atoms with van der Waals surface area (Å²) < 4.78 is 27.4. The maximum atomic E-state index is 12.2. The molecule has 0 heterocycles. The lowest BCUT2D eigenvalue weighted by atomic mass is 10.1. The van der Waals surface area contributed by atoms with E-state index in [1.165, 1.54) is 6.07 Å². The first-order valence-corrected chi connectivity index (χ1v) is 10.2. The smallest absolute Gasteiger partial charge is 0.241 e. The van der Waals surface area contributed by atoms with Gasteiger partial charge in [0.1, 0.15) is 0 Å². The molecule has 2 N–H and O–H groups in total. The van der Waals surface area contributed by atoms with Gasteiger partial charge in [0.2, 0.25) is 15.9 Å². The number of carbonyl (C=O) groups is 1. The predicted molar refractivity (Wildman–Crippen MR) is 102 cm³/mol. The Morgan fingerprint density at radius 1 is 1.16 bits per heavy atom. The maximum Gasteiger partial charge on any atom is 0.241 e. The summed E-state index contributed by atoms with van der Waals surface area (Å²) in [5, 5.41) is 3.38. The fourth-order valence-corrected chi connectivity index (χ4v) is 4.59. The average Bonchev–Trinajstić information content (AvgIpc) is 2.55. The van der Waals surface area contributed by atoms with Gasteiger partial charge in [0.25, 0.3) is 0 Å². The molecule has 1 unspecified atom stereocenters. The third-order valence-corrected chi connectivity index (χ3v) is 6.34. The van der Waals surface area contributed by atoms with E-state index in [0.29, 0.717) is 9.50 Å². The summed E-state index contributed by atoms with van der Waals surface area (Å²) in [6.07, 6.45) is 0.0263. The van der Waals surface area contributed by atoms with E-state index in [-0.39, 0.29) is 29.8 Å². The van der Waals surface area contributed by atoms with Crippen LogP contribution in [0.15, 0.2) is 57.9 Å². The number of nitrogens with one attached hydrogen (secondary N) is 2. The third-order valence-electron chi connectivity index (χ3n) is 3.52. The van der Waals surface area contributed by atoms with Gasteiger partial charge < -0.3 is 5.32 Å². The van der Waals surface area contributed by atoms with Crippen LogP contribution in [0.4, 0.5) is 0 Å². The van der Waals surface area contributed by atoms with Crippen molar-refractivity contribution in [1.82, 2.24) is 10.0 Å². The molecule has 1 atom stereocenters. The fourth-order valence-electron chi connectivity index (χ4n) is 2.26. The second-order valence-corrected chi connectivity index (χ2v) is 8.39. The molecule has 25 heavy (non-hydrogen) atoms. The monoisotopic (exact) mass is 444 g/mol. The van der Waals surface area contributed by atoms with Crippen molar-refractivity contribution in [3.63, 3.8) is 0 Å². The summed E-state index contributed by atoms with van der Waals surface area (Å²) >= 11 is 9.31. The van der Waals surface area contributed by atoms with Crippen LogP contribution in [0.25, 0.3) is 0 Å². The molecule has 2 aromatic rings. The zero-order valence-electron chi connectivity index (χ0n) is 13.5. The van der Waals surface area contributed by atoms with Crippen LogP contribution in [0.1, 0.15) is 24.9 Å². The highest BCUT2D eigenvalue weighted by Gasteiger charge is 2.17. The van der Waals surface area contributed by atoms with E-state index < -0.39 is 10.0 Å². The first-order valence-electron chi connectivity index (χ1n) is 7.59. The molecular weight excluding hydrogens is 428 g/mol. The molecule has 0 saturated carbocycles. The van der Waals surface area contributed by atoms with E-state index in [0.717, 1.165) is 5.56 Å². The quantitative estimate of drug-likeness (QED) is 0.683. The van der Waals surface area contributed by atoms with Crippen molar-refractivity contribution in [2.75, 3.05) is 6.54 Å². The van der Waals surface area contributed by atoms with Gasteiger partial charge in [0.15, 0.2) is 0 Å². The van der Waals surface area contributed by atoms with Crippen molar-refractivity contribution in [2.24, 2.45) is 0 Å². The van der Waals surface area contributed by atoms with Crippen molar-refractivity contribution in [2.45, 2.75) is 24.3 Å². The highest BCUT2D eigenvalue weighted by atomic mass is 79.9. The van der Waals surface area contributed by atoms with Crippen molar-refractivity contribution < 1.29 is 13.2 Å². The molecule has 0 radical (unpaired) electrons. The van der Waals surface area contributed by atoms with Crippen molar-refractivity contribution in [3.05, 3.63) is 63.6 Å². The van der Waals surface area contributed by atoms with Crippen molar-refractivity contribution >= 4 is 43.5 Å². The Bertz CT molecular complexity index is 858. The topological polar surface area (TPSA) is 75.3 Å². The molecular formula is C17H18BrClN2O3S. The fraction of sp³-hybridized carbons (Fsp3) is 0.235. The van der Waals surface area contributed by atoms with Crippen LogP contribution in [0, 0.1) is 0 Å². The molecule has 2 aromatic carbocycles. The molecule has 0 bridgehead atoms. The molecule has 0 aliphatic rings. The highest BCUT2D eigenvalue weighted by Crippen LogP contribution is 2.22. The molecule has 5 nitrogen and oxygen atoms in total. The number of hydrogen-bond donors (Lipinski definition) is 2. The van der Waals surface area contributed by atoms with Crippen LogP contribution in [-0.4, -0.2) is 20.9 Å². The van der Waals surface area contributed by atoms with E-state index in [9.17, 15) is 13.2 Å². The zero-order chi connectivity index (χ0) is 18.4. The zero-order valence-corrected chi connectivity index (χ0v) is 16.7. The Hall–Kier alpha value is -1.41. The molecule has 0 aliphatic carbocycles. The second-order valence-electron chi connectivity index (χ2n) is 5.39. The molecule has 0 spiro atoms. The number of benzene rings is 2. The summed E-state index contributed by atoms with van der Waals surface area (Å²) in [5.41, 5.74) is 0.811. The van der Waals surface area contributed by atoms with Gasteiger partial charge in [0.05, 0.1) is 10.9 Å². The second kappa shape index (κ2) is 8.80. The Morgan fingerprint density at radius 2 is 1.80 bits per heavy atom. The lowest BCUT2D eigenvalue weighted by molar-refractivity contribution is -0.121. The first-order chi connectivity index (χ1) is 11.8. The highest BCUT2D eigenvalue weighted by molar-refractivity contribution is 9.10. The average molecular weight is 446 g/mol. The van der Waals surface area contributed by atoms with E-state index in [1.54, 1.807) is 24.3 Å². The van der Waals surface area contributed by atoms with Crippen LogP contribution in [0.2, 0.25) is 5.02 Å². The molecule has 0 aromatic heterocycles. The minimum absolute atomic E-state index is 0.00471. The summed E-state index contributed by atoms with van der Waals surface area (Å²) in [6, 6.07) is 13.5. The van der Waals surface area contributed by atoms with Crippen LogP contribution >= 0.6 is 27.5 Å². The molecule has 8 heteroatoms. The van der Waals surface area contributed by atoms with Crippen molar-refractivity contribution in [3.8, 4) is 0 Å². The van der Waals surface area contributed by atoms with Gasteiger partial charge in [-0.15, -0.1) is 0 Å². The lowest BCUT2D eigenvalue weighted by Gasteiger charge is -2.16. The third kappa shape index (κ3) is 5.54. The Morgan fingerprint density at radius 3 is 2.48 bits per heavy atom. The van der Waals surface area contributed by atoms with Crippen LogP contribution < -0.4 is 10.0 Å². The predicted octanol–water partition coefficient (Wildman–Crippen LogP) is 3.65. The lowest BCUT2D eigenvalue weighted by Crippen LogP contribution is -2.32. The number of carbonyl (C=O) groups excluding carboxylic acids is 1. The summed E-state index contributed by atoms with van der Waals surface area (Å²) in [6.45, 7) is 1.83. The van der Waals surface area contributed by atoms with Gasteiger partial charge in [-0.1, -0.05) is 41.9 Å². The van der Waals surface area contributed by atoms with E-state index >= 15 is 0 Å². The van der Waals surface area contributed by atoms with Gasteiger partial charge in [-0.2, -0.15) is 0 Å². The van der Waals surface area contributed by atoms with E-state index in [2.05, 4.69) is 26.0 Å². The van der Waals surface area contributed by atoms with Crippen molar-refractivity contribution in [1.29, 1.82) is 0 Å². The number of rotatable bonds is 7. The molecule has 0 fully saturated rings. The minimum Gasteiger partial charge on any atom is -0.349 e. The van der Waals surface area contributed by atoms with Crippen LogP contribution in [0.5, 0.6) is 0 Å². The number of amides is 1. The Kier molecular flexibility index (Phi) is 7.01. The van der Waals surface area contributed by atoms with Gasteiger partial charge >= 0.3 is 0 Å². The van der Waals surface area contributed by atoms with E-state index in [1.807, 2.05) is 25.1 Å². The first kappa shape index (κ1) is 19.9. The summed E-state index contributed by atoms with van der Waals surface area (Å²) in [4.78, 5) is 12.2. The summed E-state index contributed by atoms with van der Waals surface area (Å²) in [7, 11) is -3.67. The summed E-state index contributed by atoms with van der Waals surface area (Å²) in [5.74, 6) is -0.262. The normalized spacial score (nSPS) is 12.6. The molecule has 1 amide bonds. The number of sulfonamides is 1. The van der Waals surface area contributed by atoms with E-state index in [4.69, 9.17) is 11.6 Å². The maximum absolute atomic E-state index is 12.2. The van der Waals surface area contributed by atoms with Crippen LogP contribution in [-0.2, 0) is 14.8 Å². The van der Waals surface area contributed by atoms with Crippen LogP contribution in [0.3, 0.4) is 0 Å². The molecule has 134 valence electrons.